The van der Waals surface area contributed by atoms with Crippen LogP contribution in [-0.2, 0) is 4.79 Å². The van der Waals surface area contributed by atoms with Crippen LogP contribution in [0.2, 0.25) is 0 Å². The fourth-order valence-corrected chi connectivity index (χ4v) is 2.49. The van der Waals surface area contributed by atoms with E-state index in [4.69, 9.17) is 5.11 Å². The summed E-state index contributed by atoms with van der Waals surface area (Å²) >= 11 is 0. The number of carboxylic acid groups (broad SMARTS) is 1. The van der Waals surface area contributed by atoms with Crippen LogP contribution in [-0.4, -0.2) is 52.3 Å². The second kappa shape index (κ2) is 7.33. The van der Waals surface area contributed by atoms with Crippen molar-refractivity contribution in [3.8, 4) is 0 Å². The van der Waals surface area contributed by atoms with Gasteiger partial charge in [0.1, 0.15) is 6.04 Å². The highest BCUT2D eigenvalue weighted by Gasteiger charge is 2.30. The van der Waals surface area contributed by atoms with Crippen LogP contribution in [0.3, 0.4) is 0 Å². The van der Waals surface area contributed by atoms with E-state index in [0.29, 0.717) is 19.3 Å². The van der Waals surface area contributed by atoms with Crippen LogP contribution < -0.4 is 5.32 Å². The summed E-state index contributed by atoms with van der Waals surface area (Å²) < 4.78 is 0. The first-order chi connectivity index (χ1) is 8.97. The average Bonchev–Trinajstić information content (AvgIpc) is 2.37. The van der Waals surface area contributed by atoms with E-state index in [0.717, 1.165) is 19.3 Å². The van der Waals surface area contributed by atoms with Crippen molar-refractivity contribution < 1.29 is 19.8 Å². The van der Waals surface area contributed by atoms with Crippen molar-refractivity contribution in [1.82, 2.24) is 10.2 Å². The van der Waals surface area contributed by atoms with Gasteiger partial charge in [0.2, 0.25) is 0 Å². The van der Waals surface area contributed by atoms with Gasteiger partial charge in [0.15, 0.2) is 0 Å². The number of aliphatic hydroxyl groups excluding tert-OH is 1. The lowest BCUT2D eigenvalue weighted by molar-refractivity contribution is -0.139. The van der Waals surface area contributed by atoms with Gasteiger partial charge in [0.05, 0.1) is 12.1 Å². The number of hydrogen-bond acceptors (Lipinski definition) is 3. The molecule has 1 rings (SSSR count). The van der Waals surface area contributed by atoms with Gasteiger partial charge in [-0.15, -0.1) is 0 Å². The Labute approximate surface area is 113 Å². The van der Waals surface area contributed by atoms with Crippen LogP contribution in [0.5, 0.6) is 0 Å². The zero-order chi connectivity index (χ0) is 14.4. The standard InChI is InChI=1S/C13H24N2O4/c1-3-6-9(12(17)18)14-13(19)15(2)10-7-4-5-8-11(10)16/h9-11,16H,3-8H2,1-2H3,(H,14,19)(H,17,18). The van der Waals surface area contributed by atoms with Gasteiger partial charge < -0.3 is 20.4 Å². The lowest BCUT2D eigenvalue weighted by Gasteiger charge is -2.35. The lowest BCUT2D eigenvalue weighted by Crippen LogP contribution is -2.53. The molecular formula is C13H24N2O4. The zero-order valence-electron chi connectivity index (χ0n) is 11.6. The molecule has 110 valence electrons. The molecule has 1 saturated carbocycles. The van der Waals surface area contributed by atoms with E-state index in [2.05, 4.69) is 5.32 Å². The largest absolute Gasteiger partial charge is 0.480 e. The van der Waals surface area contributed by atoms with Crippen molar-refractivity contribution in [1.29, 1.82) is 0 Å². The van der Waals surface area contributed by atoms with Crippen LogP contribution in [0, 0.1) is 0 Å². The summed E-state index contributed by atoms with van der Waals surface area (Å²) in [6, 6.07) is -1.50. The zero-order valence-corrected chi connectivity index (χ0v) is 11.6. The van der Waals surface area contributed by atoms with E-state index in [1.165, 1.54) is 4.90 Å². The average molecular weight is 272 g/mol. The number of carboxylic acids is 1. The summed E-state index contributed by atoms with van der Waals surface area (Å²) in [6.45, 7) is 1.87. The Balaban J connectivity index is 2.57. The van der Waals surface area contributed by atoms with E-state index >= 15 is 0 Å². The highest BCUT2D eigenvalue weighted by molar-refractivity contribution is 5.82. The lowest BCUT2D eigenvalue weighted by atomic mass is 9.92. The number of nitrogens with one attached hydrogen (secondary N) is 1. The van der Waals surface area contributed by atoms with Gasteiger partial charge in [-0.2, -0.15) is 0 Å². The molecule has 0 aliphatic heterocycles. The number of aliphatic carboxylic acids is 1. The monoisotopic (exact) mass is 272 g/mol. The molecule has 1 aliphatic rings. The Morgan fingerprint density at radius 1 is 1.37 bits per heavy atom. The highest BCUT2D eigenvalue weighted by atomic mass is 16.4. The summed E-state index contributed by atoms with van der Waals surface area (Å²) in [5.74, 6) is -1.02. The number of rotatable bonds is 5. The molecule has 0 saturated heterocycles. The first-order valence-corrected chi connectivity index (χ1v) is 6.91. The minimum Gasteiger partial charge on any atom is -0.480 e. The second-order valence-corrected chi connectivity index (χ2v) is 5.16. The maximum Gasteiger partial charge on any atom is 0.326 e. The van der Waals surface area contributed by atoms with E-state index in [-0.39, 0.29) is 6.04 Å². The van der Waals surface area contributed by atoms with Crippen LogP contribution in [0.1, 0.15) is 45.4 Å². The topological polar surface area (TPSA) is 89.9 Å². The van der Waals surface area contributed by atoms with Gasteiger partial charge >= 0.3 is 12.0 Å². The fourth-order valence-electron chi connectivity index (χ4n) is 2.49. The summed E-state index contributed by atoms with van der Waals surface area (Å²) in [5, 5.41) is 21.4. The van der Waals surface area contributed by atoms with E-state index < -0.39 is 24.1 Å². The SMILES string of the molecule is CCCC(NC(=O)N(C)C1CCCCC1O)C(=O)O. The van der Waals surface area contributed by atoms with Crippen molar-refractivity contribution in [2.45, 2.75) is 63.6 Å². The van der Waals surface area contributed by atoms with Gasteiger partial charge in [-0.25, -0.2) is 9.59 Å². The molecule has 1 aliphatic carbocycles. The minimum atomic E-state index is -1.02. The molecule has 3 N–H and O–H groups in total. The highest BCUT2D eigenvalue weighted by Crippen LogP contribution is 2.22. The Bertz CT molecular complexity index is 322. The molecule has 0 aromatic heterocycles. The summed E-state index contributed by atoms with van der Waals surface area (Å²) in [6.07, 6.45) is 3.99. The van der Waals surface area contributed by atoms with Gasteiger partial charge in [0.25, 0.3) is 0 Å². The van der Waals surface area contributed by atoms with Gasteiger partial charge in [0, 0.05) is 7.05 Å². The number of carbonyl (C=O) groups is 2. The van der Waals surface area contributed by atoms with Crippen molar-refractivity contribution in [3.05, 3.63) is 0 Å². The molecule has 19 heavy (non-hydrogen) atoms. The molecule has 0 spiro atoms. The predicted octanol–water partition coefficient (Wildman–Crippen LogP) is 1.18. The predicted molar refractivity (Wildman–Crippen MR) is 70.9 cm³/mol. The maximum absolute atomic E-state index is 12.0. The summed E-state index contributed by atoms with van der Waals surface area (Å²) in [5.41, 5.74) is 0. The number of amides is 2. The number of urea groups is 1. The molecule has 0 heterocycles. The molecule has 3 unspecified atom stereocenters. The van der Waals surface area contributed by atoms with E-state index in [9.17, 15) is 14.7 Å². The first-order valence-electron chi connectivity index (χ1n) is 6.91. The third-order valence-corrected chi connectivity index (χ3v) is 3.68. The number of hydrogen-bond donors (Lipinski definition) is 3. The number of nitrogens with zero attached hydrogens (tertiary/aromatic N) is 1. The fraction of sp³-hybridized carbons (Fsp3) is 0.846. The van der Waals surface area contributed by atoms with Crippen LogP contribution >= 0.6 is 0 Å². The van der Waals surface area contributed by atoms with Crippen LogP contribution in [0.25, 0.3) is 0 Å². The third kappa shape index (κ3) is 4.38. The molecular weight excluding hydrogens is 248 g/mol. The molecule has 0 bridgehead atoms. The maximum atomic E-state index is 12.0. The van der Waals surface area contributed by atoms with Crippen molar-refractivity contribution >= 4 is 12.0 Å². The van der Waals surface area contributed by atoms with Crippen LogP contribution in [0.15, 0.2) is 0 Å². The molecule has 6 nitrogen and oxygen atoms in total. The minimum absolute atomic E-state index is 0.218. The van der Waals surface area contributed by atoms with Crippen molar-refractivity contribution in [3.63, 3.8) is 0 Å². The Kier molecular flexibility index (Phi) is 6.08. The summed E-state index contributed by atoms with van der Waals surface area (Å²) in [7, 11) is 1.61. The summed E-state index contributed by atoms with van der Waals surface area (Å²) in [4.78, 5) is 24.5. The smallest absolute Gasteiger partial charge is 0.326 e. The van der Waals surface area contributed by atoms with Crippen LogP contribution in [0.4, 0.5) is 4.79 Å². The number of carbonyl (C=O) groups excluding carboxylic acids is 1. The number of likely N-dealkylation sites (N-methyl/N-ethyl adjacent to an activating group) is 1. The van der Waals surface area contributed by atoms with Crippen molar-refractivity contribution in [2.24, 2.45) is 0 Å². The molecule has 1 fully saturated rings. The Hall–Kier alpha value is -1.30. The molecule has 0 aromatic carbocycles. The van der Waals surface area contributed by atoms with Gasteiger partial charge in [-0.1, -0.05) is 26.2 Å². The molecule has 3 atom stereocenters. The van der Waals surface area contributed by atoms with E-state index in [1.54, 1.807) is 7.05 Å². The van der Waals surface area contributed by atoms with Crippen molar-refractivity contribution in [2.75, 3.05) is 7.05 Å². The second-order valence-electron chi connectivity index (χ2n) is 5.16. The number of aliphatic hydroxyl groups is 1. The first kappa shape index (κ1) is 15.8. The molecule has 2 amide bonds. The Morgan fingerprint density at radius 2 is 2.00 bits per heavy atom. The molecule has 6 heteroatoms. The Morgan fingerprint density at radius 3 is 2.53 bits per heavy atom. The normalized spacial score (nSPS) is 24.6. The molecule has 0 aromatic rings. The third-order valence-electron chi connectivity index (χ3n) is 3.68. The molecule has 0 radical (unpaired) electrons. The van der Waals surface area contributed by atoms with E-state index in [1.807, 2.05) is 6.92 Å². The van der Waals surface area contributed by atoms with Gasteiger partial charge in [-0.05, 0) is 19.3 Å². The quantitative estimate of drug-likeness (QED) is 0.701. The van der Waals surface area contributed by atoms with Gasteiger partial charge in [-0.3, -0.25) is 0 Å².